The van der Waals surface area contributed by atoms with Crippen molar-refractivity contribution in [3.05, 3.63) is 34.7 Å². The third kappa shape index (κ3) is 2.53. The van der Waals surface area contributed by atoms with Crippen LogP contribution in [0.15, 0.2) is 12.1 Å². The Hall–Kier alpha value is -1.53. The second kappa shape index (κ2) is 4.54. The Morgan fingerprint density at radius 2 is 1.94 bits per heavy atom. The SMILES string of the molecule is [C-]#[N+]c1ccc(NC(C)(C)CO)c(C)c1C. The molecule has 0 saturated heterocycles. The number of benzene rings is 1. The first-order valence-electron chi connectivity index (χ1n) is 5.28. The Bertz CT molecular complexity index is 430. The highest BCUT2D eigenvalue weighted by Crippen LogP contribution is 2.29. The van der Waals surface area contributed by atoms with Gasteiger partial charge in [-0.1, -0.05) is 6.07 Å². The summed E-state index contributed by atoms with van der Waals surface area (Å²) in [5.41, 5.74) is 3.37. The fraction of sp³-hybridized carbons (Fsp3) is 0.462. The maximum atomic E-state index is 9.21. The van der Waals surface area contributed by atoms with Crippen molar-refractivity contribution in [3.8, 4) is 0 Å². The number of anilines is 1. The van der Waals surface area contributed by atoms with Crippen molar-refractivity contribution in [3.63, 3.8) is 0 Å². The molecule has 0 heterocycles. The molecule has 1 rings (SSSR count). The lowest BCUT2D eigenvalue weighted by Gasteiger charge is -2.26. The lowest BCUT2D eigenvalue weighted by molar-refractivity contribution is 0.234. The first kappa shape index (κ1) is 12.5. The van der Waals surface area contributed by atoms with Crippen molar-refractivity contribution < 1.29 is 5.11 Å². The van der Waals surface area contributed by atoms with Gasteiger partial charge < -0.3 is 10.4 Å². The summed E-state index contributed by atoms with van der Waals surface area (Å²) in [7, 11) is 0. The van der Waals surface area contributed by atoms with E-state index in [1.807, 2.05) is 39.8 Å². The molecule has 0 radical (unpaired) electrons. The number of hydrogen-bond acceptors (Lipinski definition) is 2. The van der Waals surface area contributed by atoms with Gasteiger partial charge >= 0.3 is 0 Å². The highest BCUT2D eigenvalue weighted by molar-refractivity contribution is 5.65. The predicted molar refractivity (Wildman–Crippen MR) is 67.0 cm³/mol. The molecule has 0 saturated carbocycles. The zero-order valence-electron chi connectivity index (χ0n) is 10.3. The van der Waals surface area contributed by atoms with Crippen molar-refractivity contribution in [1.82, 2.24) is 0 Å². The van der Waals surface area contributed by atoms with Crippen LogP contribution >= 0.6 is 0 Å². The third-order valence-electron chi connectivity index (χ3n) is 2.75. The fourth-order valence-electron chi connectivity index (χ4n) is 1.47. The standard InChI is InChI=1S/C13H18N2O/c1-9-10(2)12(7-6-11(9)14-5)15-13(3,4)8-16/h6-7,15-16H,8H2,1-4H3. The molecule has 1 aromatic carbocycles. The van der Waals surface area contributed by atoms with Gasteiger partial charge in [0.15, 0.2) is 5.69 Å². The van der Waals surface area contributed by atoms with Crippen LogP contribution in [0.25, 0.3) is 4.85 Å². The zero-order chi connectivity index (χ0) is 12.3. The Morgan fingerprint density at radius 1 is 1.31 bits per heavy atom. The second-order valence-corrected chi connectivity index (χ2v) is 4.66. The van der Waals surface area contributed by atoms with Gasteiger partial charge in [-0.2, -0.15) is 0 Å². The van der Waals surface area contributed by atoms with Gasteiger partial charge in [0.25, 0.3) is 0 Å². The molecule has 0 atom stereocenters. The van der Waals surface area contributed by atoms with Crippen molar-refractivity contribution in [2.75, 3.05) is 11.9 Å². The highest BCUT2D eigenvalue weighted by atomic mass is 16.3. The van der Waals surface area contributed by atoms with E-state index >= 15 is 0 Å². The monoisotopic (exact) mass is 218 g/mol. The van der Waals surface area contributed by atoms with Gasteiger partial charge in [-0.05, 0) is 44.9 Å². The molecule has 0 fully saturated rings. The molecule has 86 valence electrons. The summed E-state index contributed by atoms with van der Waals surface area (Å²) in [6.45, 7) is 14.9. The number of aliphatic hydroxyl groups is 1. The first-order chi connectivity index (χ1) is 7.41. The maximum Gasteiger partial charge on any atom is 0.190 e. The second-order valence-electron chi connectivity index (χ2n) is 4.66. The van der Waals surface area contributed by atoms with E-state index in [1.165, 1.54) is 0 Å². The molecule has 16 heavy (non-hydrogen) atoms. The largest absolute Gasteiger partial charge is 0.394 e. The van der Waals surface area contributed by atoms with Gasteiger partial charge in [0.1, 0.15) is 0 Å². The van der Waals surface area contributed by atoms with E-state index in [0.29, 0.717) is 5.69 Å². The number of nitrogens with zero attached hydrogens (tertiary/aromatic N) is 1. The molecule has 0 amide bonds. The normalized spacial score (nSPS) is 11.0. The van der Waals surface area contributed by atoms with Crippen LogP contribution in [0.1, 0.15) is 25.0 Å². The van der Waals surface area contributed by atoms with Crippen LogP contribution in [0.4, 0.5) is 11.4 Å². The quantitative estimate of drug-likeness (QED) is 0.765. The van der Waals surface area contributed by atoms with Crippen molar-refractivity contribution in [2.45, 2.75) is 33.2 Å². The van der Waals surface area contributed by atoms with Gasteiger partial charge in [-0.15, -0.1) is 0 Å². The lowest BCUT2D eigenvalue weighted by atomic mass is 10.0. The number of hydrogen-bond donors (Lipinski definition) is 2. The van der Waals surface area contributed by atoms with E-state index in [1.54, 1.807) is 0 Å². The van der Waals surface area contributed by atoms with E-state index in [9.17, 15) is 5.11 Å². The third-order valence-corrected chi connectivity index (χ3v) is 2.75. The van der Waals surface area contributed by atoms with E-state index < -0.39 is 0 Å². The van der Waals surface area contributed by atoms with Crippen LogP contribution in [-0.2, 0) is 0 Å². The van der Waals surface area contributed by atoms with Crippen molar-refractivity contribution in [1.29, 1.82) is 0 Å². The summed E-state index contributed by atoms with van der Waals surface area (Å²) in [6.07, 6.45) is 0. The van der Waals surface area contributed by atoms with Gasteiger partial charge in [0.2, 0.25) is 0 Å². The van der Waals surface area contributed by atoms with Crippen molar-refractivity contribution in [2.24, 2.45) is 0 Å². The van der Waals surface area contributed by atoms with E-state index in [4.69, 9.17) is 6.57 Å². The fourth-order valence-corrected chi connectivity index (χ4v) is 1.47. The molecular weight excluding hydrogens is 200 g/mol. The highest BCUT2D eigenvalue weighted by Gasteiger charge is 2.17. The van der Waals surface area contributed by atoms with Gasteiger partial charge in [-0.3, -0.25) is 0 Å². The van der Waals surface area contributed by atoms with Crippen LogP contribution in [0.3, 0.4) is 0 Å². The molecule has 1 aromatic rings. The van der Waals surface area contributed by atoms with Crippen LogP contribution in [0.2, 0.25) is 0 Å². The van der Waals surface area contributed by atoms with Crippen molar-refractivity contribution >= 4 is 11.4 Å². The number of nitrogens with one attached hydrogen (secondary N) is 1. The summed E-state index contributed by atoms with van der Waals surface area (Å²) < 4.78 is 0. The summed E-state index contributed by atoms with van der Waals surface area (Å²) in [4.78, 5) is 3.46. The Balaban J connectivity index is 3.10. The summed E-state index contributed by atoms with van der Waals surface area (Å²) in [5, 5.41) is 12.5. The molecule has 0 bridgehead atoms. The topological polar surface area (TPSA) is 36.6 Å². The Morgan fingerprint density at radius 3 is 2.44 bits per heavy atom. The van der Waals surface area contributed by atoms with Crippen LogP contribution in [0, 0.1) is 20.4 Å². The molecule has 0 aliphatic carbocycles. The molecule has 3 heteroatoms. The van der Waals surface area contributed by atoms with Gasteiger partial charge in [0, 0.05) is 5.69 Å². The zero-order valence-corrected chi connectivity index (χ0v) is 10.3. The van der Waals surface area contributed by atoms with Gasteiger partial charge in [-0.25, -0.2) is 4.85 Å². The molecule has 0 unspecified atom stereocenters. The minimum absolute atomic E-state index is 0.0655. The minimum Gasteiger partial charge on any atom is -0.394 e. The molecule has 0 aliphatic heterocycles. The first-order valence-corrected chi connectivity index (χ1v) is 5.28. The van der Waals surface area contributed by atoms with Crippen LogP contribution in [0.5, 0.6) is 0 Å². The van der Waals surface area contributed by atoms with Gasteiger partial charge in [0.05, 0.1) is 18.7 Å². The smallest absolute Gasteiger partial charge is 0.190 e. The molecule has 2 N–H and O–H groups in total. The molecule has 3 nitrogen and oxygen atoms in total. The number of rotatable bonds is 3. The minimum atomic E-state index is -0.350. The summed E-state index contributed by atoms with van der Waals surface area (Å²) in [6, 6.07) is 3.71. The van der Waals surface area contributed by atoms with Crippen LogP contribution < -0.4 is 5.32 Å². The summed E-state index contributed by atoms with van der Waals surface area (Å²) >= 11 is 0. The Kier molecular flexibility index (Phi) is 3.56. The average molecular weight is 218 g/mol. The molecular formula is C13H18N2O. The van der Waals surface area contributed by atoms with E-state index in [0.717, 1.165) is 16.8 Å². The molecule has 0 aliphatic rings. The molecule has 0 spiro atoms. The molecule has 0 aromatic heterocycles. The lowest BCUT2D eigenvalue weighted by Crippen LogP contribution is -2.35. The maximum absolute atomic E-state index is 9.21. The Labute approximate surface area is 96.9 Å². The summed E-state index contributed by atoms with van der Waals surface area (Å²) in [5.74, 6) is 0. The number of aliphatic hydroxyl groups excluding tert-OH is 1. The van der Waals surface area contributed by atoms with Crippen LogP contribution in [-0.4, -0.2) is 17.3 Å². The van der Waals surface area contributed by atoms with E-state index in [-0.39, 0.29) is 12.1 Å². The van der Waals surface area contributed by atoms with E-state index in [2.05, 4.69) is 10.2 Å². The average Bonchev–Trinajstić information content (AvgIpc) is 2.25. The predicted octanol–water partition coefficient (Wildman–Crippen LogP) is 3.04.